The molecule has 26 heavy (non-hydrogen) atoms. The number of nitrogens with zero attached hydrogens (tertiary/aromatic N) is 3. The maximum Gasteiger partial charge on any atom is 0.410 e. The lowest BCUT2D eigenvalue weighted by Crippen LogP contribution is -2.50. The van der Waals surface area contributed by atoms with Crippen molar-refractivity contribution in [2.24, 2.45) is 0 Å². The Balaban J connectivity index is 1.84. The van der Waals surface area contributed by atoms with Crippen molar-refractivity contribution in [2.75, 3.05) is 25.4 Å². The monoisotopic (exact) mass is 358 g/mol. The first-order chi connectivity index (χ1) is 12.3. The molecule has 1 saturated heterocycles. The topological polar surface area (TPSA) is 82.6 Å². The number of morpholine rings is 1. The molecule has 1 fully saturated rings. The molecule has 1 aliphatic heterocycles. The Labute approximate surface area is 153 Å². The van der Waals surface area contributed by atoms with Crippen molar-refractivity contribution < 1.29 is 14.3 Å². The fourth-order valence-corrected chi connectivity index (χ4v) is 3.05. The van der Waals surface area contributed by atoms with Gasteiger partial charge in [-0.3, -0.25) is 4.68 Å². The van der Waals surface area contributed by atoms with Gasteiger partial charge in [0.15, 0.2) is 0 Å². The number of ether oxygens (including phenoxy) is 2. The molecule has 1 unspecified atom stereocenters. The van der Waals surface area contributed by atoms with Gasteiger partial charge in [0.2, 0.25) is 0 Å². The van der Waals surface area contributed by atoms with Gasteiger partial charge in [-0.25, -0.2) is 4.79 Å². The van der Waals surface area contributed by atoms with Gasteiger partial charge in [0.05, 0.1) is 25.0 Å². The second kappa shape index (κ2) is 7.37. The molecule has 0 aliphatic carbocycles. The SMILES string of the molecule is CC(C)(C)OC(=O)N1CCO[C@H](C(c2ccccc2)n2cc(N)cn2)C1. The van der Waals surface area contributed by atoms with Crippen LogP contribution in [0.3, 0.4) is 0 Å². The Kier molecular flexibility index (Phi) is 5.18. The van der Waals surface area contributed by atoms with E-state index < -0.39 is 5.60 Å². The lowest BCUT2D eigenvalue weighted by molar-refractivity contribution is -0.0563. The predicted molar refractivity (Wildman–Crippen MR) is 98.8 cm³/mol. The molecule has 1 aromatic carbocycles. The normalized spacial score (nSPS) is 19.2. The molecule has 2 aromatic rings. The van der Waals surface area contributed by atoms with Crippen molar-refractivity contribution in [2.45, 2.75) is 38.5 Å². The second-order valence-corrected chi connectivity index (χ2v) is 7.44. The predicted octanol–water partition coefficient (Wildman–Crippen LogP) is 2.69. The summed E-state index contributed by atoms with van der Waals surface area (Å²) >= 11 is 0. The van der Waals surface area contributed by atoms with Crippen LogP contribution in [0, 0.1) is 0 Å². The molecule has 7 heteroatoms. The van der Waals surface area contributed by atoms with Gasteiger partial charge in [-0.15, -0.1) is 0 Å². The van der Waals surface area contributed by atoms with E-state index >= 15 is 0 Å². The quantitative estimate of drug-likeness (QED) is 0.912. The summed E-state index contributed by atoms with van der Waals surface area (Å²) in [7, 11) is 0. The fraction of sp³-hybridized carbons (Fsp3) is 0.474. The van der Waals surface area contributed by atoms with Gasteiger partial charge in [-0.1, -0.05) is 30.3 Å². The number of nitrogens with two attached hydrogens (primary N) is 1. The van der Waals surface area contributed by atoms with E-state index in [0.717, 1.165) is 5.56 Å². The van der Waals surface area contributed by atoms with Gasteiger partial charge in [-0.05, 0) is 26.3 Å². The van der Waals surface area contributed by atoms with Gasteiger partial charge in [0.25, 0.3) is 0 Å². The van der Waals surface area contributed by atoms with Gasteiger partial charge in [0.1, 0.15) is 17.7 Å². The van der Waals surface area contributed by atoms with E-state index in [1.54, 1.807) is 22.0 Å². The minimum Gasteiger partial charge on any atom is -0.444 e. The zero-order chi connectivity index (χ0) is 18.7. The maximum atomic E-state index is 12.5. The van der Waals surface area contributed by atoms with Crippen LogP contribution >= 0.6 is 0 Å². The van der Waals surface area contributed by atoms with Crippen LogP contribution in [0.5, 0.6) is 0 Å². The summed E-state index contributed by atoms with van der Waals surface area (Å²) in [4.78, 5) is 14.2. The number of hydrogen-bond donors (Lipinski definition) is 1. The van der Waals surface area contributed by atoms with E-state index in [0.29, 0.717) is 25.4 Å². The summed E-state index contributed by atoms with van der Waals surface area (Å²) in [5, 5.41) is 4.37. The molecule has 0 bridgehead atoms. The summed E-state index contributed by atoms with van der Waals surface area (Å²) in [5.41, 5.74) is 6.97. The molecule has 1 aliphatic rings. The molecule has 2 atom stereocenters. The minimum atomic E-state index is -0.528. The highest BCUT2D eigenvalue weighted by atomic mass is 16.6. The van der Waals surface area contributed by atoms with Crippen LogP contribution in [0.4, 0.5) is 10.5 Å². The van der Waals surface area contributed by atoms with Crippen LogP contribution in [-0.2, 0) is 9.47 Å². The van der Waals surface area contributed by atoms with E-state index in [9.17, 15) is 4.79 Å². The average Bonchev–Trinajstić information content (AvgIpc) is 3.01. The van der Waals surface area contributed by atoms with Crippen LogP contribution in [0.15, 0.2) is 42.7 Å². The summed E-state index contributed by atoms with van der Waals surface area (Å²) in [6.07, 6.45) is 2.83. The molecular weight excluding hydrogens is 332 g/mol. The third kappa shape index (κ3) is 4.35. The highest BCUT2D eigenvalue weighted by Gasteiger charge is 2.34. The molecule has 2 N–H and O–H groups in total. The second-order valence-electron chi connectivity index (χ2n) is 7.44. The summed E-state index contributed by atoms with van der Waals surface area (Å²) in [6, 6.07) is 9.79. The fourth-order valence-electron chi connectivity index (χ4n) is 3.05. The standard InChI is InChI=1S/C19H26N4O3/c1-19(2,3)26-18(24)22-9-10-25-16(13-22)17(14-7-5-4-6-8-14)23-12-15(20)11-21-23/h4-8,11-12,16-17H,9-10,13,20H2,1-3H3/t16-,17?/m0/s1. The van der Waals surface area contributed by atoms with E-state index in [1.165, 1.54) is 0 Å². The number of carbonyl (C=O) groups excluding carboxylic acids is 1. The zero-order valence-electron chi connectivity index (χ0n) is 15.5. The number of carbonyl (C=O) groups is 1. The first kappa shape index (κ1) is 18.3. The van der Waals surface area contributed by atoms with Crippen molar-refractivity contribution in [3.8, 4) is 0 Å². The molecule has 7 nitrogen and oxygen atoms in total. The number of rotatable bonds is 3. The van der Waals surface area contributed by atoms with Crippen LogP contribution in [-0.4, -0.2) is 52.2 Å². The van der Waals surface area contributed by atoms with Gasteiger partial charge in [0, 0.05) is 12.7 Å². The van der Waals surface area contributed by atoms with Crippen LogP contribution in [0.25, 0.3) is 0 Å². The lowest BCUT2D eigenvalue weighted by Gasteiger charge is -2.37. The smallest absolute Gasteiger partial charge is 0.410 e. The molecule has 1 amide bonds. The Hall–Kier alpha value is -2.54. The van der Waals surface area contributed by atoms with Crippen molar-refractivity contribution in [3.63, 3.8) is 0 Å². The largest absolute Gasteiger partial charge is 0.444 e. The average molecular weight is 358 g/mol. The van der Waals surface area contributed by atoms with Crippen molar-refractivity contribution in [1.82, 2.24) is 14.7 Å². The van der Waals surface area contributed by atoms with E-state index in [4.69, 9.17) is 15.2 Å². The van der Waals surface area contributed by atoms with Crippen LogP contribution in [0.2, 0.25) is 0 Å². The Bertz CT molecular complexity index is 739. The Morgan fingerprint density at radius 2 is 2.08 bits per heavy atom. The van der Waals surface area contributed by atoms with E-state index in [2.05, 4.69) is 5.10 Å². The number of benzene rings is 1. The Morgan fingerprint density at radius 3 is 2.69 bits per heavy atom. The van der Waals surface area contributed by atoms with Crippen molar-refractivity contribution >= 4 is 11.8 Å². The van der Waals surface area contributed by atoms with E-state index in [1.807, 2.05) is 51.1 Å². The number of anilines is 1. The van der Waals surface area contributed by atoms with Crippen LogP contribution < -0.4 is 5.73 Å². The number of amides is 1. The molecule has 0 saturated carbocycles. The third-order valence-electron chi connectivity index (χ3n) is 4.14. The number of hydrogen-bond acceptors (Lipinski definition) is 5. The first-order valence-electron chi connectivity index (χ1n) is 8.77. The molecule has 1 aromatic heterocycles. The van der Waals surface area contributed by atoms with Crippen LogP contribution in [0.1, 0.15) is 32.4 Å². The third-order valence-corrected chi connectivity index (χ3v) is 4.14. The summed E-state index contributed by atoms with van der Waals surface area (Å²) in [5.74, 6) is 0. The first-order valence-corrected chi connectivity index (χ1v) is 8.77. The maximum absolute atomic E-state index is 12.5. The highest BCUT2D eigenvalue weighted by Crippen LogP contribution is 2.27. The molecule has 140 valence electrons. The molecule has 0 radical (unpaired) electrons. The van der Waals surface area contributed by atoms with Gasteiger partial charge < -0.3 is 20.1 Å². The summed E-state index contributed by atoms with van der Waals surface area (Å²) in [6.45, 7) is 6.97. The molecule has 3 rings (SSSR count). The minimum absolute atomic E-state index is 0.182. The van der Waals surface area contributed by atoms with Gasteiger partial charge >= 0.3 is 6.09 Å². The Morgan fingerprint density at radius 1 is 1.35 bits per heavy atom. The zero-order valence-corrected chi connectivity index (χ0v) is 15.5. The van der Waals surface area contributed by atoms with Crippen molar-refractivity contribution in [3.05, 3.63) is 48.3 Å². The van der Waals surface area contributed by atoms with Gasteiger partial charge in [-0.2, -0.15) is 5.10 Å². The van der Waals surface area contributed by atoms with Crippen molar-refractivity contribution in [1.29, 1.82) is 0 Å². The number of aromatic nitrogens is 2. The lowest BCUT2D eigenvalue weighted by atomic mass is 10.00. The molecule has 0 spiro atoms. The molecule has 2 heterocycles. The number of nitrogen functional groups attached to an aromatic ring is 1. The summed E-state index contributed by atoms with van der Waals surface area (Å²) < 4.78 is 13.3. The van der Waals surface area contributed by atoms with E-state index in [-0.39, 0.29) is 18.2 Å². The molecular formula is C19H26N4O3. The highest BCUT2D eigenvalue weighted by molar-refractivity contribution is 5.68.